The number of rotatable bonds is 7. The van der Waals surface area contributed by atoms with Gasteiger partial charge in [0, 0.05) is 23.2 Å². The predicted octanol–water partition coefficient (Wildman–Crippen LogP) is 4.41. The monoisotopic (exact) mass is 306 g/mol. The topological polar surface area (TPSA) is 15.3 Å². The van der Waals surface area contributed by atoms with E-state index in [0.717, 1.165) is 24.3 Å². The Morgan fingerprint density at radius 2 is 2.10 bits per heavy atom. The lowest BCUT2D eigenvalue weighted by Crippen LogP contribution is -2.30. The fourth-order valence-electron chi connectivity index (χ4n) is 2.31. The molecule has 0 bridgehead atoms. The van der Waals surface area contributed by atoms with E-state index in [1.54, 1.807) is 23.5 Å². The van der Waals surface area contributed by atoms with Crippen LogP contribution in [0.2, 0.25) is 0 Å². The number of benzene rings is 1. The molecule has 4 heteroatoms. The first kappa shape index (κ1) is 16.0. The van der Waals surface area contributed by atoms with Crippen LogP contribution in [0.5, 0.6) is 0 Å². The van der Waals surface area contributed by atoms with Crippen molar-refractivity contribution in [3.05, 3.63) is 52.0 Å². The van der Waals surface area contributed by atoms with Crippen LogP contribution in [-0.4, -0.2) is 12.6 Å². The van der Waals surface area contributed by atoms with E-state index >= 15 is 0 Å². The highest BCUT2D eigenvalue weighted by molar-refractivity contribution is 7.09. The molecule has 1 heterocycles. The minimum absolute atomic E-state index is 0.169. The Morgan fingerprint density at radius 1 is 1.29 bits per heavy atom. The second kappa shape index (κ2) is 7.57. The van der Waals surface area contributed by atoms with Gasteiger partial charge in [0.05, 0.1) is 6.54 Å². The molecule has 2 nitrogen and oxygen atoms in total. The minimum Gasteiger partial charge on any atom is -0.364 e. The molecule has 2 rings (SSSR count). The van der Waals surface area contributed by atoms with Gasteiger partial charge < -0.3 is 10.2 Å². The highest BCUT2D eigenvalue weighted by atomic mass is 32.1. The summed E-state index contributed by atoms with van der Waals surface area (Å²) in [5.41, 5.74) is 1.94. The quantitative estimate of drug-likeness (QED) is 0.815. The van der Waals surface area contributed by atoms with Gasteiger partial charge in [-0.05, 0) is 55.6 Å². The van der Waals surface area contributed by atoms with Crippen LogP contribution in [0.25, 0.3) is 0 Å². The maximum atomic E-state index is 13.9. The summed E-state index contributed by atoms with van der Waals surface area (Å²) in [6, 6.07) is 9.82. The van der Waals surface area contributed by atoms with E-state index in [2.05, 4.69) is 54.6 Å². The van der Waals surface area contributed by atoms with Gasteiger partial charge in [-0.1, -0.05) is 13.0 Å². The van der Waals surface area contributed by atoms with Gasteiger partial charge >= 0.3 is 0 Å². The molecule has 0 saturated heterocycles. The minimum atomic E-state index is -0.169. The van der Waals surface area contributed by atoms with E-state index in [-0.39, 0.29) is 5.82 Å². The zero-order valence-corrected chi connectivity index (χ0v) is 13.7. The van der Waals surface area contributed by atoms with Crippen LogP contribution in [0.3, 0.4) is 0 Å². The van der Waals surface area contributed by atoms with Gasteiger partial charge in [0.1, 0.15) is 5.82 Å². The Bertz CT molecular complexity index is 552. The average Bonchev–Trinajstić information content (AvgIpc) is 2.94. The molecule has 21 heavy (non-hydrogen) atoms. The summed E-state index contributed by atoms with van der Waals surface area (Å²) in [6.45, 7) is 8.74. The Labute approximate surface area is 130 Å². The largest absolute Gasteiger partial charge is 0.364 e. The van der Waals surface area contributed by atoms with Crippen molar-refractivity contribution in [1.82, 2.24) is 5.32 Å². The summed E-state index contributed by atoms with van der Waals surface area (Å²) in [4.78, 5) is 3.53. The molecule has 0 atom stereocenters. The number of nitrogens with zero attached hydrogens (tertiary/aromatic N) is 1. The molecule has 1 aromatic carbocycles. The molecule has 0 unspecified atom stereocenters. The van der Waals surface area contributed by atoms with E-state index in [0.29, 0.717) is 12.6 Å². The van der Waals surface area contributed by atoms with Crippen molar-refractivity contribution in [3.8, 4) is 0 Å². The summed E-state index contributed by atoms with van der Waals surface area (Å²) in [6.07, 6.45) is 0. The Hall–Kier alpha value is -1.39. The second-order valence-electron chi connectivity index (χ2n) is 5.40. The summed E-state index contributed by atoms with van der Waals surface area (Å²) in [5, 5.41) is 5.33. The van der Waals surface area contributed by atoms with Crippen molar-refractivity contribution in [2.45, 2.75) is 39.9 Å². The summed E-state index contributed by atoms with van der Waals surface area (Å²) < 4.78 is 13.9. The van der Waals surface area contributed by atoms with Crippen LogP contribution in [0.4, 0.5) is 10.1 Å². The number of halogens is 1. The molecule has 0 spiro atoms. The standard InChI is InChI=1S/C17H23FN2S/c1-4-19-11-14-8-15(18)10-16(9-14)20(13(2)3)12-17-6-5-7-21-17/h5-10,13,19H,4,11-12H2,1-3H3. The number of thiophene rings is 1. The molecule has 0 aliphatic heterocycles. The van der Waals surface area contributed by atoms with Crippen molar-refractivity contribution >= 4 is 17.0 Å². The molecule has 0 radical (unpaired) electrons. The highest BCUT2D eigenvalue weighted by Crippen LogP contribution is 2.24. The molecular formula is C17H23FN2S. The van der Waals surface area contributed by atoms with Crippen LogP contribution in [-0.2, 0) is 13.1 Å². The van der Waals surface area contributed by atoms with E-state index in [9.17, 15) is 4.39 Å². The Morgan fingerprint density at radius 3 is 2.71 bits per heavy atom. The first-order valence-corrected chi connectivity index (χ1v) is 8.27. The molecule has 1 aromatic heterocycles. The van der Waals surface area contributed by atoms with Gasteiger partial charge in [0.25, 0.3) is 0 Å². The zero-order valence-electron chi connectivity index (χ0n) is 12.9. The van der Waals surface area contributed by atoms with Crippen molar-refractivity contribution in [2.24, 2.45) is 0 Å². The summed E-state index contributed by atoms with van der Waals surface area (Å²) >= 11 is 1.74. The molecule has 1 N–H and O–H groups in total. The lowest BCUT2D eigenvalue weighted by atomic mass is 10.1. The first-order valence-electron chi connectivity index (χ1n) is 7.39. The van der Waals surface area contributed by atoms with Gasteiger partial charge in [-0.3, -0.25) is 0 Å². The van der Waals surface area contributed by atoms with Gasteiger partial charge in [0.15, 0.2) is 0 Å². The lowest BCUT2D eigenvalue weighted by Gasteiger charge is -2.29. The second-order valence-corrected chi connectivity index (χ2v) is 6.43. The molecule has 0 saturated carbocycles. The van der Waals surface area contributed by atoms with Crippen LogP contribution in [0.1, 0.15) is 31.2 Å². The van der Waals surface area contributed by atoms with Gasteiger partial charge in [-0.25, -0.2) is 4.39 Å². The van der Waals surface area contributed by atoms with Gasteiger partial charge in [-0.15, -0.1) is 11.3 Å². The molecule has 2 aromatic rings. The molecule has 0 fully saturated rings. The fraction of sp³-hybridized carbons (Fsp3) is 0.412. The maximum Gasteiger partial charge on any atom is 0.125 e. The zero-order chi connectivity index (χ0) is 15.2. The van der Waals surface area contributed by atoms with Crippen molar-refractivity contribution in [1.29, 1.82) is 0 Å². The average molecular weight is 306 g/mol. The SMILES string of the molecule is CCNCc1cc(F)cc(N(Cc2cccs2)C(C)C)c1. The van der Waals surface area contributed by atoms with Crippen LogP contribution in [0.15, 0.2) is 35.7 Å². The number of nitrogens with one attached hydrogen (secondary N) is 1. The Balaban J connectivity index is 2.24. The summed E-state index contributed by atoms with van der Waals surface area (Å²) in [7, 11) is 0. The van der Waals surface area contributed by atoms with Gasteiger partial charge in [-0.2, -0.15) is 0 Å². The number of hydrogen-bond donors (Lipinski definition) is 1. The molecule has 0 aliphatic carbocycles. The van der Waals surface area contributed by atoms with Gasteiger partial charge in [0.2, 0.25) is 0 Å². The maximum absolute atomic E-state index is 13.9. The van der Waals surface area contributed by atoms with Crippen molar-refractivity contribution in [3.63, 3.8) is 0 Å². The van der Waals surface area contributed by atoms with E-state index < -0.39 is 0 Å². The van der Waals surface area contributed by atoms with E-state index in [1.165, 1.54) is 4.88 Å². The molecule has 0 amide bonds. The highest BCUT2D eigenvalue weighted by Gasteiger charge is 2.13. The normalized spacial score (nSPS) is 11.1. The predicted molar refractivity (Wildman–Crippen MR) is 89.4 cm³/mol. The lowest BCUT2D eigenvalue weighted by molar-refractivity contribution is 0.616. The van der Waals surface area contributed by atoms with E-state index in [4.69, 9.17) is 0 Å². The van der Waals surface area contributed by atoms with Crippen LogP contribution in [0, 0.1) is 5.82 Å². The molecule has 114 valence electrons. The third-order valence-corrected chi connectivity index (χ3v) is 4.24. The number of hydrogen-bond acceptors (Lipinski definition) is 3. The molecule has 0 aliphatic rings. The van der Waals surface area contributed by atoms with Crippen molar-refractivity contribution < 1.29 is 4.39 Å². The smallest absolute Gasteiger partial charge is 0.125 e. The third-order valence-electron chi connectivity index (χ3n) is 3.38. The first-order chi connectivity index (χ1) is 10.1. The van der Waals surface area contributed by atoms with Crippen LogP contribution >= 0.6 is 11.3 Å². The van der Waals surface area contributed by atoms with E-state index in [1.807, 2.05) is 0 Å². The molecular weight excluding hydrogens is 283 g/mol. The summed E-state index contributed by atoms with van der Waals surface area (Å²) in [5.74, 6) is -0.169. The van der Waals surface area contributed by atoms with Crippen LogP contribution < -0.4 is 10.2 Å². The fourth-order valence-corrected chi connectivity index (χ4v) is 3.02. The van der Waals surface area contributed by atoms with Crippen molar-refractivity contribution in [2.75, 3.05) is 11.4 Å². The number of anilines is 1. The Kier molecular flexibility index (Phi) is 5.76. The third kappa shape index (κ3) is 4.55.